The van der Waals surface area contributed by atoms with Gasteiger partial charge in [0.25, 0.3) is 0 Å². The quantitative estimate of drug-likeness (QED) is 0.216. The van der Waals surface area contributed by atoms with Gasteiger partial charge in [0.15, 0.2) is 5.76 Å². The second kappa shape index (κ2) is 10.5. The molecule has 0 aliphatic heterocycles. The number of hydrogen-bond donors (Lipinski definition) is 1. The van der Waals surface area contributed by atoms with Crippen molar-refractivity contribution in [3.8, 4) is 0 Å². The summed E-state index contributed by atoms with van der Waals surface area (Å²) in [6.45, 7) is 7.86. The van der Waals surface area contributed by atoms with Crippen LogP contribution in [0.25, 0.3) is 0 Å². The van der Waals surface area contributed by atoms with Crippen molar-refractivity contribution in [2.24, 2.45) is 0 Å². The highest BCUT2D eigenvalue weighted by Crippen LogP contribution is 2.04. The maximum Gasteiger partial charge on any atom is 0.373 e. The van der Waals surface area contributed by atoms with Crippen molar-refractivity contribution in [3.05, 3.63) is 24.7 Å². The van der Waals surface area contributed by atoms with Gasteiger partial charge in [-0.2, -0.15) is 0 Å². The monoisotopic (exact) mass is 300 g/mol. The predicted octanol–water partition coefficient (Wildman–Crippen LogP) is 1.78. The summed E-state index contributed by atoms with van der Waals surface area (Å²) in [5.41, 5.74) is 0. The Morgan fingerprint density at radius 1 is 0.905 bits per heavy atom. The minimum Gasteiger partial charge on any atom is -0.502 e. The molecule has 0 aromatic carbocycles. The van der Waals surface area contributed by atoms with Gasteiger partial charge in [0.1, 0.15) is 0 Å². The highest BCUT2D eigenvalue weighted by molar-refractivity contribution is 5.88. The van der Waals surface area contributed by atoms with Gasteiger partial charge in [-0.3, -0.25) is 4.79 Å². The summed E-state index contributed by atoms with van der Waals surface area (Å²) in [6.07, 6.45) is 2.80. The molecule has 0 spiro atoms. The molecule has 0 heterocycles. The Balaban J connectivity index is 3.50. The van der Waals surface area contributed by atoms with Gasteiger partial charge in [-0.05, 0) is 38.8 Å². The Hall–Kier alpha value is -2.31. The van der Waals surface area contributed by atoms with Gasteiger partial charge in [-0.25, -0.2) is 9.59 Å². The fourth-order valence-electron chi connectivity index (χ4n) is 1.27. The van der Waals surface area contributed by atoms with Crippen molar-refractivity contribution < 1.29 is 33.7 Å². The molecule has 0 bridgehead atoms. The molecular formula is C14H20O7. The lowest BCUT2D eigenvalue weighted by Crippen LogP contribution is -2.12. The lowest BCUT2D eigenvalue weighted by atomic mass is 10.2. The van der Waals surface area contributed by atoms with Crippen molar-refractivity contribution in [2.45, 2.75) is 32.6 Å². The zero-order chi connectivity index (χ0) is 16.3. The molecule has 0 rings (SSSR count). The summed E-state index contributed by atoms with van der Waals surface area (Å²) in [5.74, 6) is -3.17. The molecule has 7 heteroatoms. The zero-order valence-electron chi connectivity index (χ0n) is 12.1. The molecule has 0 radical (unpaired) electrons. The van der Waals surface area contributed by atoms with Gasteiger partial charge >= 0.3 is 17.9 Å². The lowest BCUT2D eigenvalue weighted by molar-refractivity contribution is -0.150. The smallest absolute Gasteiger partial charge is 0.373 e. The molecule has 0 aromatic rings. The molecule has 0 aliphatic rings. The Bertz CT molecular complexity index is 412. The summed E-state index contributed by atoms with van der Waals surface area (Å²) in [5, 5.41) is 8.69. The highest BCUT2D eigenvalue weighted by Gasteiger charge is 2.11. The fraction of sp³-hybridized carbons (Fsp3) is 0.500. The molecule has 1 N–H and O–H groups in total. The average Bonchev–Trinajstić information content (AvgIpc) is 2.40. The summed E-state index contributed by atoms with van der Waals surface area (Å²) in [7, 11) is 0. The van der Waals surface area contributed by atoms with Gasteiger partial charge in [-0.1, -0.05) is 0 Å². The van der Waals surface area contributed by atoms with Crippen LogP contribution in [0.4, 0.5) is 0 Å². The van der Waals surface area contributed by atoms with Crippen LogP contribution < -0.4 is 0 Å². The maximum atomic E-state index is 11.3. The third kappa shape index (κ3) is 10.2. The summed E-state index contributed by atoms with van der Waals surface area (Å²) < 4.78 is 14.0. The van der Waals surface area contributed by atoms with Crippen LogP contribution in [0.15, 0.2) is 24.7 Å². The SMILES string of the molecule is C=C(O)C(=O)OCCCCCCOC(=O)C(=C)OC(C)=O. The van der Waals surface area contributed by atoms with Crippen molar-refractivity contribution >= 4 is 17.9 Å². The lowest BCUT2D eigenvalue weighted by Gasteiger charge is -2.06. The van der Waals surface area contributed by atoms with Crippen LogP contribution in [0.3, 0.4) is 0 Å². The van der Waals surface area contributed by atoms with Gasteiger partial charge in [-0.15, -0.1) is 0 Å². The fourth-order valence-corrected chi connectivity index (χ4v) is 1.27. The Morgan fingerprint density at radius 3 is 1.81 bits per heavy atom. The average molecular weight is 300 g/mol. The third-order valence-corrected chi connectivity index (χ3v) is 2.24. The molecule has 0 aromatic heterocycles. The van der Waals surface area contributed by atoms with Crippen LogP contribution in [0.1, 0.15) is 32.6 Å². The minimum atomic E-state index is -0.826. The first-order valence-electron chi connectivity index (χ1n) is 6.44. The summed E-state index contributed by atoms with van der Waals surface area (Å²) >= 11 is 0. The van der Waals surface area contributed by atoms with Crippen molar-refractivity contribution in [1.82, 2.24) is 0 Å². The molecule has 0 saturated carbocycles. The molecule has 0 fully saturated rings. The molecule has 21 heavy (non-hydrogen) atoms. The largest absolute Gasteiger partial charge is 0.502 e. The Labute approximate surface area is 123 Å². The van der Waals surface area contributed by atoms with Gasteiger partial charge in [0.2, 0.25) is 5.76 Å². The zero-order valence-corrected chi connectivity index (χ0v) is 12.1. The van der Waals surface area contributed by atoms with E-state index in [-0.39, 0.29) is 19.0 Å². The number of rotatable bonds is 10. The van der Waals surface area contributed by atoms with Crippen molar-refractivity contribution in [3.63, 3.8) is 0 Å². The van der Waals surface area contributed by atoms with E-state index in [1.54, 1.807) is 0 Å². The van der Waals surface area contributed by atoms with Crippen molar-refractivity contribution in [1.29, 1.82) is 0 Å². The summed E-state index contributed by atoms with van der Waals surface area (Å²) in [6, 6.07) is 0. The van der Waals surface area contributed by atoms with Crippen LogP contribution in [-0.2, 0) is 28.6 Å². The van der Waals surface area contributed by atoms with E-state index in [4.69, 9.17) is 9.84 Å². The van der Waals surface area contributed by atoms with Gasteiger partial charge in [0.05, 0.1) is 13.2 Å². The first-order valence-corrected chi connectivity index (χ1v) is 6.44. The second-order valence-electron chi connectivity index (χ2n) is 4.15. The van der Waals surface area contributed by atoms with E-state index in [0.717, 1.165) is 19.8 Å². The van der Waals surface area contributed by atoms with Gasteiger partial charge in [0, 0.05) is 6.92 Å². The number of ether oxygens (including phenoxy) is 3. The van der Waals surface area contributed by atoms with E-state index in [1.807, 2.05) is 0 Å². The second-order valence-corrected chi connectivity index (χ2v) is 4.15. The van der Waals surface area contributed by atoms with Gasteiger partial charge < -0.3 is 19.3 Å². The minimum absolute atomic E-state index is 0.187. The predicted molar refractivity (Wildman–Crippen MR) is 73.1 cm³/mol. The number of esters is 3. The topological polar surface area (TPSA) is 99.1 Å². The Kier molecular flexibility index (Phi) is 9.32. The molecular weight excluding hydrogens is 280 g/mol. The molecule has 0 atom stereocenters. The summed E-state index contributed by atoms with van der Waals surface area (Å²) in [4.78, 5) is 32.7. The molecule has 0 saturated heterocycles. The first kappa shape index (κ1) is 18.7. The number of aliphatic hydroxyl groups excluding tert-OH is 1. The number of unbranched alkanes of at least 4 members (excludes halogenated alkanes) is 3. The normalized spacial score (nSPS) is 9.57. The highest BCUT2D eigenvalue weighted by atomic mass is 16.6. The molecule has 0 aliphatic carbocycles. The van der Waals surface area contributed by atoms with Crippen LogP contribution in [-0.4, -0.2) is 36.2 Å². The van der Waals surface area contributed by atoms with Crippen LogP contribution in [0.2, 0.25) is 0 Å². The van der Waals surface area contributed by atoms with E-state index in [2.05, 4.69) is 22.6 Å². The van der Waals surface area contributed by atoms with E-state index in [9.17, 15) is 14.4 Å². The standard InChI is InChI=1S/C14H20O7/c1-10(15)13(17)19-8-6-4-5-7-9-20-14(18)11(2)21-12(3)16/h15H,1-2,4-9H2,3H3. The first-order chi connectivity index (χ1) is 9.84. The van der Waals surface area contributed by atoms with Crippen molar-refractivity contribution in [2.75, 3.05) is 13.2 Å². The van der Waals surface area contributed by atoms with Crippen LogP contribution in [0.5, 0.6) is 0 Å². The number of carbonyl (C=O) groups is 3. The number of hydrogen-bond acceptors (Lipinski definition) is 7. The molecule has 118 valence electrons. The van der Waals surface area contributed by atoms with E-state index >= 15 is 0 Å². The number of carbonyl (C=O) groups excluding carboxylic acids is 3. The molecule has 0 unspecified atom stereocenters. The Morgan fingerprint density at radius 2 is 1.38 bits per heavy atom. The third-order valence-electron chi connectivity index (χ3n) is 2.24. The molecule has 7 nitrogen and oxygen atoms in total. The van der Waals surface area contributed by atoms with Crippen LogP contribution >= 0.6 is 0 Å². The maximum absolute atomic E-state index is 11.3. The van der Waals surface area contributed by atoms with E-state index in [1.165, 1.54) is 0 Å². The van der Waals surface area contributed by atoms with E-state index in [0.29, 0.717) is 12.8 Å². The molecule has 0 amide bonds. The van der Waals surface area contributed by atoms with Crippen LogP contribution in [0, 0.1) is 0 Å². The van der Waals surface area contributed by atoms with E-state index < -0.39 is 23.7 Å². The number of aliphatic hydroxyl groups is 1.